The summed E-state index contributed by atoms with van der Waals surface area (Å²) < 4.78 is 12.3. The smallest absolute Gasteiger partial charge is 0.258 e. The Labute approximate surface area is 167 Å². The van der Waals surface area contributed by atoms with Crippen molar-refractivity contribution in [3.05, 3.63) is 69.7 Å². The second-order valence-electron chi connectivity index (χ2n) is 6.78. The molecule has 0 spiro atoms. The summed E-state index contributed by atoms with van der Waals surface area (Å²) in [5.41, 5.74) is 3.34. The van der Waals surface area contributed by atoms with Crippen LogP contribution in [0.15, 0.2) is 41.5 Å². The molecule has 0 atom stereocenters. The van der Waals surface area contributed by atoms with E-state index in [9.17, 15) is 4.79 Å². The van der Waals surface area contributed by atoms with Crippen LogP contribution in [0.1, 0.15) is 22.6 Å². The van der Waals surface area contributed by atoms with E-state index in [0.717, 1.165) is 22.6 Å². The van der Waals surface area contributed by atoms with Crippen LogP contribution in [0, 0.1) is 13.8 Å². The molecule has 3 heterocycles. The fourth-order valence-corrected chi connectivity index (χ4v) is 3.11. The van der Waals surface area contributed by atoms with E-state index in [1.165, 1.54) is 7.11 Å². The molecule has 0 aliphatic carbocycles. The highest BCUT2D eigenvalue weighted by Gasteiger charge is 2.12. The highest BCUT2D eigenvalue weighted by atomic mass is 16.5. The Balaban J connectivity index is 1.64. The third kappa shape index (κ3) is 3.56. The van der Waals surface area contributed by atoms with Crippen molar-refractivity contribution in [2.24, 2.45) is 0 Å². The average Bonchev–Trinajstić information content (AvgIpc) is 3.06. The number of H-pyrrole nitrogens is 1. The van der Waals surface area contributed by atoms with Crippen molar-refractivity contribution in [3.63, 3.8) is 0 Å². The van der Waals surface area contributed by atoms with Gasteiger partial charge in [0, 0.05) is 24.9 Å². The van der Waals surface area contributed by atoms with Gasteiger partial charge in [-0.1, -0.05) is 6.07 Å². The molecule has 0 bridgehead atoms. The molecule has 0 saturated carbocycles. The molecule has 1 aromatic carbocycles. The quantitative estimate of drug-likeness (QED) is 0.562. The van der Waals surface area contributed by atoms with Crippen LogP contribution in [-0.4, -0.2) is 39.0 Å². The molecular weight excluding hydrogens is 370 g/mol. The topological polar surface area (TPSA) is 94.9 Å². The number of hydrogen-bond acceptors (Lipinski definition) is 6. The number of benzene rings is 1. The molecule has 8 heteroatoms. The third-order valence-corrected chi connectivity index (χ3v) is 4.82. The minimum Gasteiger partial charge on any atom is -0.493 e. The van der Waals surface area contributed by atoms with Crippen LogP contribution >= 0.6 is 0 Å². The molecule has 0 saturated heterocycles. The first kappa shape index (κ1) is 18.7. The lowest BCUT2D eigenvalue weighted by Gasteiger charge is -2.09. The predicted molar refractivity (Wildman–Crippen MR) is 109 cm³/mol. The summed E-state index contributed by atoms with van der Waals surface area (Å²) in [5.74, 6) is 2.31. The van der Waals surface area contributed by atoms with E-state index in [1.54, 1.807) is 30.1 Å². The van der Waals surface area contributed by atoms with Crippen molar-refractivity contribution in [2.45, 2.75) is 20.3 Å². The lowest BCUT2D eigenvalue weighted by molar-refractivity contribution is 0.355. The van der Waals surface area contributed by atoms with Crippen molar-refractivity contribution < 1.29 is 9.47 Å². The van der Waals surface area contributed by atoms with Crippen LogP contribution in [0.2, 0.25) is 0 Å². The first-order valence-electron chi connectivity index (χ1n) is 9.11. The summed E-state index contributed by atoms with van der Waals surface area (Å²) in [6.07, 6.45) is 4.16. The molecule has 4 rings (SSSR count). The van der Waals surface area contributed by atoms with Gasteiger partial charge in [0.1, 0.15) is 5.82 Å². The van der Waals surface area contributed by atoms with Crippen molar-refractivity contribution >= 4 is 10.9 Å². The average molecular weight is 391 g/mol. The SMILES string of the molecule is COc1cc2nc(Cc3ccc(-n4cc(C)c(C)n4)nc3)[nH]c(=O)c2cc1OC. The van der Waals surface area contributed by atoms with Gasteiger partial charge in [0.05, 0.1) is 30.8 Å². The van der Waals surface area contributed by atoms with E-state index in [-0.39, 0.29) is 5.56 Å². The summed E-state index contributed by atoms with van der Waals surface area (Å²) in [4.78, 5) is 24.4. The van der Waals surface area contributed by atoms with Gasteiger partial charge in [0.15, 0.2) is 17.3 Å². The number of ether oxygens (including phenoxy) is 2. The Bertz CT molecular complexity index is 1220. The molecule has 0 fully saturated rings. The van der Waals surface area contributed by atoms with Gasteiger partial charge in [-0.05, 0) is 37.1 Å². The molecule has 0 aliphatic rings. The highest BCUT2D eigenvalue weighted by molar-refractivity contribution is 5.81. The zero-order chi connectivity index (χ0) is 20.5. The number of aromatic nitrogens is 5. The number of pyridine rings is 1. The van der Waals surface area contributed by atoms with Gasteiger partial charge in [0.2, 0.25) is 0 Å². The van der Waals surface area contributed by atoms with Gasteiger partial charge in [0.25, 0.3) is 5.56 Å². The fraction of sp³-hybridized carbons (Fsp3) is 0.238. The number of hydrogen-bond donors (Lipinski definition) is 1. The predicted octanol–water partition coefficient (Wildman–Crippen LogP) is 2.73. The maximum atomic E-state index is 12.5. The Kier molecular flexibility index (Phi) is 4.75. The normalized spacial score (nSPS) is 11.0. The molecule has 8 nitrogen and oxygen atoms in total. The minimum absolute atomic E-state index is 0.224. The summed E-state index contributed by atoms with van der Waals surface area (Å²) >= 11 is 0. The van der Waals surface area contributed by atoms with Crippen LogP contribution in [0.5, 0.6) is 11.5 Å². The van der Waals surface area contributed by atoms with Crippen LogP contribution in [0.3, 0.4) is 0 Å². The maximum absolute atomic E-state index is 12.5. The van der Waals surface area contributed by atoms with Gasteiger partial charge < -0.3 is 14.5 Å². The summed E-state index contributed by atoms with van der Waals surface area (Å²) in [6.45, 7) is 3.98. The fourth-order valence-electron chi connectivity index (χ4n) is 3.11. The summed E-state index contributed by atoms with van der Waals surface area (Å²) in [5, 5.41) is 4.89. The molecule has 3 aromatic heterocycles. The Morgan fingerprint density at radius 3 is 2.48 bits per heavy atom. The van der Waals surface area contributed by atoms with E-state index in [0.29, 0.717) is 34.6 Å². The molecule has 148 valence electrons. The van der Waals surface area contributed by atoms with Gasteiger partial charge in [-0.3, -0.25) is 4.79 Å². The maximum Gasteiger partial charge on any atom is 0.258 e. The van der Waals surface area contributed by atoms with Gasteiger partial charge >= 0.3 is 0 Å². The Hall–Kier alpha value is -3.68. The summed E-state index contributed by atoms with van der Waals surface area (Å²) in [7, 11) is 3.08. The molecule has 0 radical (unpaired) electrons. The number of nitrogens with zero attached hydrogens (tertiary/aromatic N) is 4. The van der Waals surface area contributed by atoms with E-state index in [4.69, 9.17) is 9.47 Å². The second-order valence-corrected chi connectivity index (χ2v) is 6.78. The number of nitrogens with one attached hydrogen (secondary N) is 1. The summed E-state index contributed by atoms with van der Waals surface area (Å²) in [6, 6.07) is 7.19. The first-order chi connectivity index (χ1) is 14.0. The van der Waals surface area contributed by atoms with Crippen LogP contribution in [0.4, 0.5) is 0 Å². The van der Waals surface area contributed by atoms with Gasteiger partial charge in [-0.15, -0.1) is 0 Å². The number of rotatable bonds is 5. The Morgan fingerprint density at radius 2 is 1.86 bits per heavy atom. The zero-order valence-corrected chi connectivity index (χ0v) is 16.7. The molecule has 4 aromatic rings. The van der Waals surface area contributed by atoms with Crippen LogP contribution < -0.4 is 15.0 Å². The molecule has 29 heavy (non-hydrogen) atoms. The van der Waals surface area contributed by atoms with Crippen LogP contribution in [0.25, 0.3) is 16.7 Å². The van der Waals surface area contributed by atoms with Crippen molar-refractivity contribution in [3.8, 4) is 17.3 Å². The van der Waals surface area contributed by atoms with Crippen LogP contribution in [-0.2, 0) is 6.42 Å². The number of fused-ring (bicyclic) bond motifs is 1. The van der Waals surface area contributed by atoms with E-state index < -0.39 is 0 Å². The third-order valence-electron chi connectivity index (χ3n) is 4.82. The molecule has 0 aliphatic heterocycles. The van der Waals surface area contributed by atoms with Gasteiger partial charge in [-0.25, -0.2) is 14.6 Å². The van der Waals surface area contributed by atoms with Gasteiger partial charge in [-0.2, -0.15) is 5.10 Å². The lowest BCUT2D eigenvalue weighted by atomic mass is 10.1. The molecule has 0 amide bonds. The number of aromatic amines is 1. The largest absolute Gasteiger partial charge is 0.493 e. The number of methoxy groups -OCH3 is 2. The van der Waals surface area contributed by atoms with Crippen molar-refractivity contribution in [1.29, 1.82) is 0 Å². The standard InChI is InChI=1S/C21H21N5O3/c1-12-11-26(25-13(12)2)20-6-5-14(10-22-20)7-19-23-16-9-18(29-4)17(28-3)8-15(16)21(27)24-19/h5-6,8-11H,7H2,1-4H3,(H,23,24,27). The number of aryl methyl sites for hydroxylation is 2. The van der Waals surface area contributed by atoms with E-state index in [1.807, 2.05) is 32.2 Å². The zero-order valence-electron chi connectivity index (χ0n) is 16.7. The molecular formula is C21H21N5O3. The molecule has 0 unspecified atom stereocenters. The van der Waals surface area contributed by atoms with Crippen molar-refractivity contribution in [1.82, 2.24) is 24.7 Å². The first-order valence-corrected chi connectivity index (χ1v) is 9.11. The lowest BCUT2D eigenvalue weighted by Crippen LogP contribution is -2.13. The second kappa shape index (κ2) is 7.38. The minimum atomic E-state index is -0.224. The highest BCUT2D eigenvalue weighted by Crippen LogP contribution is 2.30. The van der Waals surface area contributed by atoms with E-state index >= 15 is 0 Å². The van der Waals surface area contributed by atoms with Crippen molar-refractivity contribution in [2.75, 3.05) is 14.2 Å². The molecule has 1 N–H and O–H groups in total. The van der Waals surface area contributed by atoms with E-state index in [2.05, 4.69) is 20.1 Å². The Morgan fingerprint density at radius 1 is 1.10 bits per heavy atom. The monoisotopic (exact) mass is 391 g/mol.